The molecule has 206 valence electrons. The summed E-state index contributed by atoms with van der Waals surface area (Å²) >= 11 is 0. The van der Waals surface area contributed by atoms with E-state index < -0.39 is 0 Å². The number of anilines is 1. The first-order valence-corrected chi connectivity index (χ1v) is 13.9. The number of benzene rings is 3. The highest BCUT2D eigenvalue weighted by atomic mass is 16.2. The first kappa shape index (κ1) is 26.3. The highest BCUT2D eigenvalue weighted by molar-refractivity contribution is 6.35. The topological polar surface area (TPSA) is 103 Å². The second kappa shape index (κ2) is 10.6. The third kappa shape index (κ3) is 4.95. The second-order valence-electron chi connectivity index (χ2n) is 10.8. The van der Waals surface area contributed by atoms with Gasteiger partial charge in [-0.15, -0.1) is 0 Å². The fourth-order valence-electron chi connectivity index (χ4n) is 5.92. The van der Waals surface area contributed by atoms with Crippen LogP contribution in [0, 0.1) is 13.8 Å². The third-order valence-corrected chi connectivity index (χ3v) is 8.14. The van der Waals surface area contributed by atoms with Crippen LogP contribution in [0.5, 0.6) is 0 Å². The van der Waals surface area contributed by atoms with E-state index in [1.807, 2.05) is 63.2 Å². The molecule has 0 saturated heterocycles. The first-order chi connectivity index (χ1) is 19.8. The summed E-state index contributed by atoms with van der Waals surface area (Å²) in [5, 5.41) is 9.13. The molecule has 0 fully saturated rings. The molecule has 3 amide bonds. The number of rotatable bonds is 6. The van der Waals surface area contributed by atoms with Crippen LogP contribution in [-0.4, -0.2) is 22.7 Å². The lowest BCUT2D eigenvalue weighted by molar-refractivity contribution is -0.110. The van der Waals surface area contributed by atoms with Crippen molar-refractivity contribution in [1.29, 1.82) is 0 Å². The Morgan fingerprint density at radius 3 is 2.54 bits per heavy atom. The zero-order valence-electron chi connectivity index (χ0n) is 23.3. The molecule has 0 spiro atoms. The van der Waals surface area contributed by atoms with Gasteiger partial charge in [0.15, 0.2) is 0 Å². The number of H-pyrrole nitrogens is 1. The van der Waals surface area contributed by atoms with Gasteiger partial charge in [0, 0.05) is 28.2 Å². The maximum absolute atomic E-state index is 13.4. The standard InChI is InChI=1S/C34H32N4O3/c1-19-30(35-21(3)31(19)34(41)38-28-15-13-23-11-7-8-12-25(23)28)18-27-26-17-24(14-16-29(26)37-33(27)40)32(39)36-20(2)22-9-5-4-6-10-22/h4-12,14,16-18,20,28,35H,13,15H2,1-3H3,(H,36,39)(H,37,40)(H,38,41)/b27-18-. The molecular weight excluding hydrogens is 512 g/mol. The maximum atomic E-state index is 13.4. The molecule has 1 aromatic heterocycles. The van der Waals surface area contributed by atoms with Crippen molar-refractivity contribution in [3.8, 4) is 0 Å². The second-order valence-corrected chi connectivity index (χ2v) is 10.8. The number of aryl methyl sites for hydroxylation is 2. The van der Waals surface area contributed by atoms with Crippen molar-refractivity contribution in [3.63, 3.8) is 0 Å². The molecule has 1 aliphatic carbocycles. The summed E-state index contributed by atoms with van der Waals surface area (Å²) in [6, 6.07) is 23.0. The molecule has 2 atom stereocenters. The van der Waals surface area contributed by atoms with Crippen LogP contribution in [0.1, 0.15) is 85.3 Å². The molecule has 4 aromatic rings. The van der Waals surface area contributed by atoms with Crippen molar-refractivity contribution in [2.45, 2.75) is 45.7 Å². The monoisotopic (exact) mass is 544 g/mol. The number of carbonyl (C=O) groups excluding carboxylic acids is 3. The van der Waals surface area contributed by atoms with Crippen molar-refractivity contribution >= 4 is 35.1 Å². The Balaban J connectivity index is 1.25. The number of hydrogen-bond acceptors (Lipinski definition) is 3. The Labute approximate surface area is 239 Å². The minimum absolute atomic E-state index is 0.0177. The fraction of sp³-hybridized carbons (Fsp3) is 0.206. The van der Waals surface area contributed by atoms with E-state index in [1.54, 1.807) is 24.3 Å². The molecule has 3 aromatic carbocycles. The Morgan fingerprint density at radius 2 is 1.73 bits per heavy atom. The highest BCUT2D eigenvalue weighted by Gasteiger charge is 2.29. The van der Waals surface area contributed by atoms with Gasteiger partial charge in [0.25, 0.3) is 17.7 Å². The molecule has 0 bridgehead atoms. The van der Waals surface area contributed by atoms with Crippen LogP contribution in [0.3, 0.4) is 0 Å². The van der Waals surface area contributed by atoms with Crippen LogP contribution in [0.15, 0.2) is 72.8 Å². The summed E-state index contributed by atoms with van der Waals surface area (Å²) in [4.78, 5) is 42.8. The Bertz CT molecular complexity index is 1720. The smallest absolute Gasteiger partial charge is 0.256 e. The lowest BCUT2D eigenvalue weighted by Crippen LogP contribution is -2.27. The minimum atomic E-state index is -0.254. The van der Waals surface area contributed by atoms with Crippen LogP contribution in [-0.2, 0) is 11.2 Å². The third-order valence-electron chi connectivity index (χ3n) is 8.14. The predicted octanol–water partition coefficient (Wildman–Crippen LogP) is 6.03. The Morgan fingerprint density at radius 1 is 0.976 bits per heavy atom. The van der Waals surface area contributed by atoms with Gasteiger partial charge >= 0.3 is 0 Å². The molecule has 2 unspecified atom stereocenters. The molecular formula is C34H32N4O3. The van der Waals surface area contributed by atoms with Gasteiger partial charge in [-0.3, -0.25) is 14.4 Å². The van der Waals surface area contributed by atoms with E-state index in [4.69, 9.17) is 0 Å². The van der Waals surface area contributed by atoms with Crippen LogP contribution in [0.4, 0.5) is 5.69 Å². The lowest BCUT2D eigenvalue weighted by Gasteiger charge is -2.15. The number of nitrogens with one attached hydrogen (secondary N) is 4. The van der Waals surface area contributed by atoms with Crippen LogP contribution in [0.2, 0.25) is 0 Å². The van der Waals surface area contributed by atoms with E-state index in [-0.39, 0.29) is 29.8 Å². The van der Waals surface area contributed by atoms with Gasteiger partial charge in [-0.05, 0) is 80.1 Å². The number of carbonyl (C=O) groups is 3. The van der Waals surface area contributed by atoms with E-state index in [0.717, 1.165) is 29.7 Å². The molecule has 7 nitrogen and oxygen atoms in total. The van der Waals surface area contributed by atoms with Crippen LogP contribution >= 0.6 is 0 Å². The maximum Gasteiger partial charge on any atom is 0.256 e. The largest absolute Gasteiger partial charge is 0.358 e. The van der Waals surface area contributed by atoms with Crippen LogP contribution < -0.4 is 16.0 Å². The van der Waals surface area contributed by atoms with Gasteiger partial charge in [-0.1, -0.05) is 54.6 Å². The predicted molar refractivity (Wildman–Crippen MR) is 161 cm³/mol. The quantitative estimate of drug-likeness (QED) is 0.223. The Hall–Kier alpha value is -4.91. The van der Waals surface area contributed by atoms with Crippen molar-refractivity contribution < 1.29 is 14.4 Å². The summed E-state index contributed by atoms with van der Waals surface area (Å²) in [7, 11) is 0. The molecule has 0 saturated carbocycles. The molecule has 41 heavy (non-hydrogen) atoms. The van der Waals surface area contributed by atoms with E-state index in [1.165, 1.54) is 11.1 Å². The average Bonchev–Trinajstić information content (AvgIpc) is 3.61. The lowest BCUT2D eigenvalue weighted by atomic mass is 10.0. The highest BCUT2D eigenvalue weighted by Crippen LogP contribution is 2.35. The zero-order chi connectivity index (χ0) is 28.7. The summed E-state index contributed by atoms with van der Waals surface area (Å²) in [6.07, 6.45) is 3.59. The zero-order valence-corrected chi connectivity index (χ0v) is 23.3. The fourth-order valence-corrected chi connectivity index (χ4v) is 5.92. The summed E-state index contributed by atoms with van der Waals surface area (Å²) in [5.74, 6) is -0.608. The van der Waals surface area contributed by atoms with E-state index >= 15 is 0 Å². The minimum Gasteiger partial charge on any atom is -0.358 e. The molecule has 2 aliphatic rings. The van der Waals surface area contributed by atoms with Crippen molar-refractivity contribution in [2.24, 2.45) is 0 Å². The molecule has 4 N–H and O–H groups in total. The molecule has 7 heteroatoms. The summed E-state index contributed by atoms with van der Waals surface area (Å²) in [5.41, 5.74) is 8.43. The van der Waals surface area contributed by atoms with Crippen molar-refractivity contribution in [2.75, 3.05) is 5.32 Å². The summed E-state index contributed by atoms with van der Waals surface area (Å²) in [6.45, 7) is 5.69. The van der Waals surface area contributed by atoms with E-state index in [9.17, 15) is 14.4 Å². The van der Waals surface area contributed by atoms with Gasteiger partial charge in [0.1, 0.15) is 0 Å². The van der Waals surface area contributed by atoms with Gasteiger partial charge in [-0.2, -0.15) is 0 Å². The Kier molecular flexibility index (Phi) is 6.79. The van der Waals surface area contributed by atoms with Gasteiger partial charge in [-0.25, -0.2) is 0 Å². The number of hydrogen-bond donors (Lipinski definition) is 4. The average molecular weight is 545 g/mol. The van der Waals surface area contributed by atoms with E-state index in [2.05, 4.69) is 33.1 Å². The van der Waals surface area contributed by atoms with Crippen LogP contribution in [0.25, 0.3) is 11.6 Å². The van der Waals surface area contributed by atoms with Crippen molar-refractivity contribution in [1.82, 2.24) is 15.6 Å². The number of aromatic nitrogens is 1. The molecule has 1 aliphatic heterocycles. The normalized spacial score (nSPS) is 17.1. The summed E-state index contributed by atoms with van der Waals surface area (Å²) < 4.78 is 0. The van der Waals surface area contributed by atoms with E-state index in [0.29, 0.717) is 33.6 Å². The number of fused-ring (bicyclic) bond motifs is 2. The molecule has 2 heterocycles. The molecule has 6 rings (SSSR count). The SMILES string of the molecule is Cc1[nH]c(/C=C2\C(=O)Nc3ccc(C(=O)NC(C)c4ccccc4)cc32)c(C)c1C(=O)NC1CCc2ccccc21. The van der Waals surface area contributed by atoms with Gasteiger partial charge in [0.05, 0.1) is 23.2 Å². The van der Waals surface area contributed by atoms with Gasteiger partial charge in [0.2, 0.25) is 0 Å². The van der Waals surface area contributed by atoms with Crippen molar-refractivity contribution in [3.05, 3.63) is 123 Å². The first-order valence-electron chi connectivity index (χ1n) is 13.9. The van der Waals surface area contributed by atoms with Gasteiger partial charge < -0.3 is 20.9 Å². The number of aromatic amines is 1. The molecule has 0 radical (unpaired) electrons. The number of amides is 3.